The van der Waals surface area contributed by atoms with E-state index in [1.807, 2.05) is 61.5 Å². The van der Waals surface area contributed by atoms with Crippen molar-refractivity contribution in [3.05, 3.63) is 71.2 Å². The van der Waals surface area contributed by atoms with Crippen LogP contribution in [0.15, 0.2) is 65.7 Å². The zero-order valence-electron chi connectivity index (χ0n) is 16.8. The summed E-state index contributed by atoms with van der Waals surface area (Å²) in [6, 6.07) is 18.7. The van der Waals surface area contributed by atoms with Crippen molar-refractivity contribution in [2.75, 3.05) is 12.4 Å². The maximum atomic E-state index is 12.2. The third-order valence-electron chi connectivity index (χ3n) is 4.45. The van der Waals surface area contributed by atoms with Crippen molar-refractivity contribution in [1.82, 2.24) is 25.1 Å². The summed E-state index contributed by atoms with van der Waals surface area (Å²) in [7, 11) is 0. The summed E-state index contributed by atoms with van der Waals surface area (Å²) >= 11 is 7.47. The molecule has 0 bridgehead atoms. The molecule has 0 radical (unpaired) electrons. The number of halogens is 1. The fraction of sp³-hybridized carbons (Fsp3) is 0.182. The second-order valence-electron chi connectivity index (χ2n) is 6.58. The first-order valence-electron chi connectivity index (χ1n) is 9.72. The number of benzene rings is 2. The van der Waals surface area contributed by atoms with Crippen molar-refractivity contribution in [3.8, 4) is 17.1 Å². The monoisotopic (exact) mass is 453 g/mol. The predicted molar refractivity (Wildman–Crippen MR) is 121 cm³/mol. The number of aromatic nitrogens is 4. The Morgan fingerprint density at radius 3 is 2.68 bits per heavy atom. The molecule has 0 spiro atoms. The van der Waals surface area contributed by atoms with Crippen molar-refractivity contribution in [2.45, 2.75) is 18.5 Å². The second kappa shape index (κ2) is 9.80. The van der Waals surface area contributed by atoms with E-state index in [9.17, 15) is 4.79 Å². The number of ether oxygens (including phenoxy) is 1. The number of hydrogen-bond donors (Lipinski definition) is 1. The van der Waals surface area contributed by atoms with Crippen LogP contribution in [0.4, 0.5) is 0 Å². The summed E-state index contributed by atoms with van der Waals surface area (Å²) in [5.74, 6) is 1.57. The number of thioether (sulfide) groups is 1. The van der Waals surface area contributed by atoms with Gasteiger partial charge in [-0.2, -0.15) is 9.61 Å². The molecule has 4 rings (SSSR count). The molecule has 4 aromatic rings. The molecule has 0 aliphatic carbocycles. The van der Waals surface area contributed by atoms with Crippen LogP contribution < -0.4 is 10.1 Å². The molecule has 1 amide bonds. The van der Waals surface area contributed by atoms with Gasteiger partial charge < -0.3 is 10.1 Å². The molecule has 2 aromatic heterocycles. The highest BCUT2D eigenvalue weighted by atomic mass is 35.5. The van der Waals surface area contributed by atoms with E-state index in [-0.39, 0.29) is 11.7 Å². The van der Waals surface area contributed by atoms with Crippen LogP contribution in [0.2, 0.25) is 5.02 Å². The van der Waals surface area contributed by atoms with Crippen LogP contribution in [0.5, 0.6) is 5.75 Å². The molecule has 158 valence electrons. The smallest absolute Gasteiger partial charge is 0.230 e. The summed E-state index contributed by atoms with van der Waals surface area (Å²) in [5, 5.41) is 17.3. The highest BCUT2D eigenvalue weighted by molar-refractivity contribution is 7.99. The zero-order valence-corrected chi connectivity index (χ0v) is 18.4. The van der Waals surface area contributed by atoms with Crippen LogP contribution in [0.1, 0.15) is 12.5 Å². The summed E-state index contributed by atoms with van der Waals surface area (Å²) < 4.78 is 7.17. The molecule has 9 heteroatoms. The van der Waals surface area contributed by atoms with Gasteiger partial charge in [-0.1, -0.05) is 41.6 Å². The lowest BCUT2D eigenvalue weighted by molar-refractivity contribution is -0.118. The van der Waals surface area contributed by atoms with Gasteiger partial charge in [-0.3, -0.25) is 4.79 Å². The third kappa shape index (κ3) is 5.15. The molecule has 7 nitrogen and oxygen atoms in total. The van der Waals surface area contributed by atoms with Gasteiger partial charge in [-0.25, -0.2) is 0 Å². The number of rotatable bonds is 8. The summed E-state index contributed by atoms with van der Waals surface area (Å²) in [6.45, 7) is 2.94. The minimum absolute atomic E-state index is 0.0951. The number of nitrogens with one attached hydrogen (secondary N) is 1. The van der Waals surface area contributed by atoms with Gasteiger partial charge in [-0.15, -0.1) is 10.2 Å². The number of amides is 1. The van der Waals surface area contributed by atoms with Crippen LogP contribution in [-0.4, -0.2) is 38.1 Å². The largest absolute Gasteiger partial charge is 0.494 e. The molecule has 2 aromatic carbocycles. The van der Waals surface area contributed by atoms with Crippen LogP contribution in [-0.2, 0) is 11.3 Å². The van der Waals surface area contributed by atoms with Gasteiger partial charge in [0, 0.05) is 17.1 Å². The Labute approximate surface area is 188 Å². The summed E-state index contributed by atoms with van der Waals surface area (Å²) in [5.41, 5.74) is 2.39. The average molecular weight is 454 g/mol. The van der Waals surface area contributed by atoms with E-state index in [0.717, 1.165) is 16.9 Å². The average Bonchev–Trinajstić information content (AvgIpc) is 3.21. The molecular formula is C22H20ClN5O2S. The molecule has 0 saturated heterocycles. The first-order chi connectivity index (χ1) is 15.1. The molecule has 2 heterocycles. The van der Waals surface area contributed by atoms with Crippen molar-refractivity contribution in [2.24, 2.45) is 0 Å². The molecular weight excluding hydrogens is 434 g/mol. The highest BCUT2D eigenvalue weighted by Gasteiger charge is 2.12. The summed E-state index contributed by atoms with van der Waals surface area (Å²) in [6.07, 6.45) is 0. The van der Waals surface area contributed by atoms with Crippen molar-refractivity contribution in [1.29, 1.82) is 0 Å². The summed E-state index contributed by atoms with van der Waals surface area (Å²) in [4.78, 5) is 12.2. The molecule has 1 N–H and O–H groups in total. The zero-order chi connectivity index (χ0) is 21.6. The van der Waals surface area contributed by atoms with E-state index in [1.165, 1.54) is 11.8 Å². The van der Waals surface area contributed by atoms with Gasteiger partial charge in [0.1, 0.15) is 10.8 Å². The third-order valence-corrected chi connectivity index (χ3v) is 5.74. The number of nitrogens with zero attached hydrogens (tertiary/aromatic N) is 4. The van der Waals surface area contributed by atoms with E-state index in [1.54, 1.807) is 10.6 Å². The standard InChI is InChI=1S/C22H20ClN5O2S/c1-2-30-17-9-7-15(8-10-17)22-26-25-19-11-12-21(27-28(19)22)31-14-20(29)24-13-16-5-3-4-6-18(16)23/h3-12H,2,13-14H2,1H3,(H,24,29). The predicted octanol–water partition coefficient (Wildman–Crippen LogP) is 4.25. The molecule has 0 atom stereocenters. The quantitative estimate of drug-likeness (QED) is 0.401. The van der Waals surface area contributed by atoms with E-state index >= 15 is 0 Å². The van der Waals surface area contributed by atoms with Crippen LogP contribution in [0, 0.1) is 0 Å². The first kappa shape index (κ1) is 21.1. The van der Waals surface area contributed by atoms with Crippen LogP contribution >= 0.6 is 23.4 Å². The van der Waals surface area contributed by atoms with Crippen LogP contribution in [0.25, 0.3) is 17.0 Å². The number of carbonyl (C=O) groups excluding carboxylic acids is 1. The first-order valence-corrected chi connectivity index (χ1v) is 11.1. The van der Waals surface area contributed by atoms with Gasteiger partial charge in [0.2, 0.25) is 5.91 Å². The minimum Gasteiger partial charge on any atom is -0.494 e. The van der Waals surface area contributed by atoms with Crippen molar-refractivity contribution >= 4 is 34.9 Å². The fourth-order valence-electron chi connectivity index (χ4n) is 2.92. The topological polar surface area (TPSA) is 81.4 Å². The van der Waals surface area contributed by atoms with E-state index in [4.69, 9.17) is 16.3 Å². The lowest BCUT2D eigenvalue weighted by Crippen LogP contribution is -2.24. The molecule has 0 aliphatic rings. The van der Waals surface area contributed by atoms with E-state index < -0.39 is 0 Å². The molecule has 0 fully saturated rings. The lowest BCUT2D eigenvalue weighted by atomic mass is 10.2. The minimum atomic E-state index is -0.0951. The van der Waals surface area contributed by atoms with Gasteiger partial charge in [0.25, 0.3) is 0 Å². The molecule has 0 aliphatic heterocycles. The normalized spacial score (nSPS) is 10.9. The fourth-order valence-corrected chi connectivity index (χ4v) is 3.81. The Balaban J connectivity index is 1.42. The van der Waals surface area contributed by atoms with Crippen molar-refractivity contribution in [3.63, 3.8) is 0 Å². The Kier molecular flexibility index (Phi) is 6.69. The highest BCUT2D eigenvalue weighted by Crippen LogP contribution is 2.23. The van der Waals surface area contributed by atoms with Crippen LogP contribution in [0.3, 0.4) is 0 Å². The lowest BCUT2D eigenvalue weighted by Gasteiger charge is -2.07. The molecule has 0 saturated carbocycles. The number of hydrogen-bond acceptors (Lipinski definition) is 6. The van der Waals surface area contributed by atoms with E-state index in [2.05, 4.69) is 20.6 Å². The maximum absolute atomic E-state index is 12.2. The molecule has 0 unspecified atom stereocenters. The Morgan fingerprint density at radius 1 is 1.10 bits per heavy atom. The Morgan fingerprint density at radius 2 is 1.90 bits per heavy atom. The molecule has 31 heavy (non-hydrogen) atoms. The van der Waals surface area contributed by atoms with Gasteiger partial charge in [-0.05, 0) is 55.0 Å². The SMILES string of the molecule is CCOc1ccc(-c2nnc3ccc(SCC(=O)NCc4ccccc4Cl)nn23)cc1. The van der Waals surface area contributed by atoms with Gasteiger partial charge in [0.15, 0.2) is 11.5 Å². The van der Waals surface area contributed by atoms with Gasteiger partial charge in [0.05, 0.1) is 12.4 Å². The number of carbonyl (C=O) groups is 1. The Bertz CT molecular complexity index is 1200. The second-order valence-corrected chi connectivity index (χ2v) is 7.98. The number of fused-ring (bicyclic) bond motifs is 1. The van der Waals surface area contributed by atoms with Gasteiger partial charge >= 0.3 is 0 Å². The Hall–Kier alpha value is -3.10. The maximum Gasteiger partial charge on any atom is 0.230 e. The van der Waals surface area contributed by atoms with E-state index in [0.29, 0.717) is 34.7 Å². The van der Waals surface area contributed by atoms with Crippen molar-refractivity contribution < 1.29 is 9.53 Å².